The minimum absolute atomic E-state index is 0.0375. The maximum atomic E-state index is 12.0. The second kappa shape index (κ2) is 7.70. The highest BCUT2D eigenvalue weighted by Gasteiger charge is 2.10. The Bertz CT molecular complexity index is 801. The summed E-state index contributed by atoms with van der Waals surface area (Å²) in [5.41, 5.74) is 1.93. The molecule has 1 heterocycles. The quantitative estimate of drug-likeness (QED) is 0.748. The lowest BCUT2D eigenvalue weighted by Crippen LogP contribution is -2.25. The fourth-order valence-electron chi connectivity index (χ4n) is 2.27. The van der Waals surface area contributed by atoms with Crippen molar-refractivity contribution in [1.29, 1.82) is 0 Å². The van der Waals surface area contributed by atoms with Gasteiger partial charge >= 0.3 is 0 Å². The van der Waals surface area contributed by atoms with Crippen LogP contribution in [-0.2, 0) is 17.8 Å². The normalized spacial score (nSPS) is 10.5. The van der Waals surface area contributed by atoms with E-state index in [1.807, 2.05) is 42.5 Å². The van der Waals surface area contributed by atoms with Gasteiger partial charge in [-0.2, -0.15) is 4.68 Å². The lowest BCUT2D eigenvalue weighted by molar-refractivity contribution is -0.121. The first-order valence-corrected chi connectivity index (χ1v) is 7.94. The van der Waals surface area contributed by atoms with Gasteiger partial charge in [0.15, 0.2) is 5.82 Å². The second-order valence-electron chi connectivity index (χ2n) is 5.25. The van der Waals surface area contributed by atoms with Gasteiger partial charge in [0.25, 0.3) is 0 Å². The van der Waals surface area contributed by atoms with E-state index >= 15 is 0 Å². The smallest absolute Gasteiger partial charge is 0.220 e. The summed E-state index contributed by atoms with van der Waals surface area (Å²) in [7, 11) is 0. The van der Waals surface area contributed by atoms with Crippen molar-refractivity contribution in [3.8, 4) is 5.69 Å². The molecule has 6 nitrogen and oxygen atoms in total. The first kappa shape index (κ1) is 16.1. The molecule has 0 aliphatic heterocycles. The molecule has 0 radical (unpaired) electrons. The number of tetrazole rings is 1. The third kappa shape index (κ3) is 4.17. The number of hydrogen-bond acceptors (Lipinski definition) is 4. The van der Waals surface area contributed by atoms with E-state index < -0.39 is 0 Å². The molecule has 0 atom stereocenters. The molecule has 0 aliphatic carbocycles. The molecule has 3 aromatic rings. The lowest BCUT2D eigenvalue weighted by Gasteiger charge is -2.07. The number of nitrogens with one attached hydrogen (secondary N) is 1. The Morgan fingerprint density at radius 3 is 2.58 bits per heavy atom. The molecule has 2 aromatic carbocycles. The van der Waals surface area contributed by atoms with Crippen molar-refractivity contribution in [3.05, 3.63) is 71.0 Å². The van der Waals surface area contributed by atoms with E-state index in [1.165, 1.54) is 0 Å². The molecular formula is C17H16ClN5O. The van der Waals surface area contributed by atoms with Gasteiger partial charge in [-0.3, -0.25) is 4.79 Å². The molecule has 1 amide bonds. The van der Waals surface area contributed by atoms with Crippen LogP contribution < -0.4 is 5.32 Å². The molecule has 0 fully saturated rings. The largest absolute Gasteiger partial charge is 0.349 e. The third-order valence-corrected chi connectivity index (χ3v) is 3.78. The van der Waals surface area contributed by atoms with Gasteiger partial charge in [-0.1, -0.05) is 41.9 Å². The minimum Gasteiger partial charge on any atom is -0.349 e. The van der Waals surface area contributed by atoms with E-state index in [0.29, 0.717) is 23.7 Å². The zero-order valence-electron chi connectivity index (χ0n) is 12.9. The molecule has 1 aromatic heterocycles. The molecule has 7 heteroatoms. The van der Waals surface area contributed by atoms with E-state index in [1.54, 1.807) is 16.8 Å². The standard InChI is InChI=1S/C17H16ClN5O/c18-14-7-9-15(10-8-14)23-16(20-21-22-23)12-19-17(24)11-6-13-4-2-1-3-5-13/h1-5,7-10H,6,11-12H2,(H,19,24). The number of aromatic nitrogens is 4. The van der Waals surface area contributed by atoms with E-state index in [2.05, 4.69) is 20.8 Å². The van der Waals surface area contributed by atoms with Crippen LogP contribution >= 0.6 is 11.6 Å². The molecule has 1 N–H and O–H groups in total. The number of carbonyl (C=O) groups excluding carboxylic acids is 1. The molecule has 24 heavy (non-hydrogen) atoms. The van der Waals surface area contributed by atoms with Gasteiger partial charge in [-0.25, -0.2) is 0 Å². The van der Waals surface area contributed by atoms with E-state index in [9.17, 15) is 4.79 Å². The highest BCUT2D eigenvalue weighted by molar-refractivity contribution is 6.30. The maximum absolute atomic E-state index is 12.0. The molecule has 0 bridgehead atoms. The van der Waals surface area contributed by atoms with Crippen LogP contribution in [0.15, 0.2) is 54.6 Å². The summed E-state index contributed by atoms with van der Waals surface area (Å²) in [5.74, 6) is 0.523. The van der Waals surface area contributed by atoms with Crippen LogP contribution in [0.4, 0.5) is 0 Å². The zero-order valence-corrected chi connectivity index (χ0v) is 13.6. The average Bonchev–Trinajstić information content (AvgIpc) is 3.08. The van der Waals surface area contributed by atoms with Gasteiger partial charge in [0.2, 0.25) is 5.91 Å². The number of halogens is 1. The van der Waals surface area contributed by atoms with Crippen LogP contribution in [0.1, 0.15) is 17.8 Å². The van der Waals surface area contributed by atoms with Crippen LogP contribution in [0.3, 0.4) is 0 Å². The highest BCUT2D eigenvalue weighted by atomic mass is 35.5. The fourth-order valence-corrected chi connectivity index (χ4v) is 2.39. The number of nitrogens with zero attached hydrogens (tertiary/aromatic N) is 4. The summed E-state index contributed by atoms with van der Waals surface area (Å²) in [4.78, 5) is 12.0. The highest BCUT2D eigenvalue weighted by Crippen LogP contribution is 2.13. The SMILES string of the molecule is O=C(CCc1ccccc1)NCc1nnnn1-c1ccc(Cl)cc1. The van der Waals surface area contributed by atoms with Crippen molar-refractivity contribution in [1.82, 2.24) is 25.5 Å². The van der Waals surface area contributed by atoms with Gasteiger partial charge in [0.05, 0.1) is 12.2 Å². The van der Waals surface area contributed by atoms with Crippen molar-refractivity contribution in [2.24, 2.45) is 0 Å². The monoisotopic (exact) mass is 341 g/mol. The van der Waals surface area contributed by atoms with Crippen molar-refractivity contribution in [2.75, 3.05) is 0 Å². The molecule has 0 spiro atoms. The zero-order chi connectivity index (χ0) is 16.8. The summed E-state index contributed by atoms with van der Waals surface area (Å²) in [6.45, 7) is 0.267. The number of amides is 1. The van der Waals surface area contributed by atoms with Crippen molar-refractivity contribution in [3.63, 3.8) is 0 Å². The second-order valence-corrected chi connectivity index (χ2v) is 5.68. The van der Waals surface area contributed by atoms with Crippen molar-refractivity contribution < 1.29 is 4.79 Å². The molecule has 0 saturated heterocycles. The van der Waals surface area contributed by atoms with Crippen molar-refractivity contribution in [2.45, 2.75) is 19.4 Å². The number of aryl methyl sites for hydroxylation is 1. The van der Waals surface area contributed by atoms with Crippen LogP contribution in [-0.4, -0.2) is 26.1 Å². The summed E-state index contributed by atoms with van der Waals surface area (Å²) in [5, 5.41) is 15.1. The van der Waals surface area contributed by atoms with Gasteiger partial charge < -0.3 is 5.32 Å². The Hall–Kier alpha value is -2.73. The Labute approximate surface area is 144 Å². The molecule has 3 rings (SSSR count). The average molecular weight is 342 g/mol. The molecular weight excluding hydrogens is 326 g/mol. The van der Waals surface area contributed by atoms with Crippen molar-refractivity contribution >= 4 is 17.5 Å². The van der Waals surface area contributed by atoms with Crippen LogP contribution in [0.5, 0.6) is 0 Å². The summed E-state index contributed by atoms with van der Waals surface area (Å²) >= 11 is 5.88. The minimum atomic E-state index is -0.0375. The predicted molar refractivity (Wildman–Crippen MR) is 90.8 cm³/mol. The summed E-state index contributed by atoms with van der Waals surface area (Å²) < 4.78 is 1.58. The maximum Gasteiger partial charge on any atom is 0.220 e. The predicted octanol–water partition coefficient (Wildman–Crippen LogP) is 2.56. The van der Waals surface area contributed by atoms with E-state index in [0.717, 1.165) is 11.3 Å². The lowest BCUT2D eigenvalue weighted by atomic mass is 10.1. The number of benzene rings is 2. The Kier molecular flexibility index (Phi) is 5.18. The van der Waals surface area contributed by atoms with Crippen LogP contribution in [0.25, 0.3) is 5.69 Å². The van der Waals surface area contributed by atoms with E-state index in [4.69, 9.17) is 11.6 Å². The Balaban J connectivity index is 1.56. The van der Waals surface area contributed by atoms with Gasteiger partial charge in [0, 0.05) is 11.4 Å². The fraction of sp³-hybridized carbons (Fsp3) is 0.176. The van der Waals surface area contributed by atoms with Gasteiger partial charge in [0.1, 0.15) is 0 Å². The number of rotatable bonds is 6. The van der Waals surface area contributed by atoms with Crippen LogP contribution in [0.2, 0.25) is 5.02 Å². The summed E-state index contributed by atoms with van der Waals surface area (Å²) in [6, 6.07) is 17.1. The molecule has 0 saturated carbocycles. The van der Waals surface area contributed by atoms with Gasteiger partial charge in [-0.15, -0.1) is 5.10 Å². The van der Waals surface area contributed by atoms with Gasteiger partial charge in [-0.05, 0) is 46.7 Å². The Morgan fingerprint density at radius 1 is 1.08 bits per heavy atom. The molecule has 122 valence electrons. The molecule has 0 aliphatic rings. The van der Waals surface area contributed by atoms with E-state index in [-0.39, 0.29) is 12.5 Å². The van der Waals surface area contributed by atoms with Crippen LogP contribution in [0, 0.1) is 0 Å². The molecule has 0 unspecified atom stereocenters. The first-order chi connectivity index (χ1) is 11.7. The summed E-state index contributed by atoms with van der Waals surface area (Å²) in [6.07, 6.45) is 1.13. The number of hydrogen-bond donors (Lipinski definition) is 1. The number of carbonyl (C=O) groups is 1. The third-order valence-electron chi connectivity index (χ3n) is 3.53. The first-order valence-electron chi connectivity index (χ1n) is 7.56. The Morgan fingerprint density at radius 2 is 1.83 bits per heavy atom. The topological polar surface area (TPSA) is 72.7 Å².